The number of nitro benzene ring substituents is 1. The number of amides is 1. The molecule has 1 unspecified atom stereocenters. The lowest BCUT2D eigenvalue weighted by atomic mass is 10.0. The van der Waals surface area contributed by atoms with Gasteiger partial charge in [-0.15, -0.1) is 0 Å². The molecular weight excluding hydrogens is 468 g/mol. The summed E-state index contributed by atoms with van der Waals surface area (Å²) in [4.78, 5) is 48.6. The van der Waals surface area contributed by atoms with Gasteiger partial charge in [0.2, 0.25) is 11.2 Å². The van der Waals surface area contributed by atoms with Crippen LogP contribution in [0, 0.1) is 16.0 Å². The summed E-state index contributed by atoms with van der Waals surface area (Å²) in [6.07, 6.45) is 0.540. The quantitative estimate of drug-likeness (QED) is 0.267. The van der Waals surface area contributed by atoms with Crippen LogP contribution in [0.3, 0.4) is 0 Å². The Bertz CT molecular complexity index is 1340. The fourth-order valence-corrected chi connectivity index (χ4v) is 3.45. The Hall–Kier alpha value is -4.21. The summed E-state index contributed by atoms with van der Waals surface area (Å²) in [6, 6.07) is 9.70. The molecule has 0 aliphatic carbocycles. The summed E-state index contributed by atoms with van der Waals surface area (Å²) in [7, 11) is 0. The van der Waals surface area contributed by atoms with Crippen LogP contribution in [-0.2, 0) is 9.53 Å². The maximum Gasteiger partial charge on any atom is 0.408 e. The molecule has 10 heteroatoms. The number of carbonyl (C=O) groups is 2. The van der Waals surface area contributed by atoms with E-state index in [1.54, 1.807) is 51.1 Å². The van der Waals surface area contributed by atoms with E-state index >= 15 is 0 Å². The van der Waals surface area contributed by atoms with Crippen LogP contribution in [0.4, 0.5) is 10.5 Å². The molecule has 0 spiro atoms. The van der Waals surface area contributed by atoms with Crippen LogP contribution in [0.5, 0.6) is 5.75 Å². The van der Waals surface area contributed by atoms with Crippen LogP contribution in [0.2, 0.25) is 0 Å². The van der Waals surface area contributed by atoms with Gasteiger partial charge in [-0.25, -0.2) is 9.59 Å². The van der Waals surface area contributed by atoms with Crippen molar-refractivity contribution >= 4 is 28.7 Å². The Morgan fingerprint density at radius 3 is 2.31 bits per heavy atom. The average Bonchev–Trinajstić information content (AvgIpc) is 2.79. The monoisotopic (exact) mass is 496 g/mol. The number of rotatable bonds is 7. The smallest absolute Gasteiger partial charge is 0.408 e. The molecule has 2 aromatic carbocycles. The van der Waals surface area contributed by atoms with E-state index in [1.807, 2.05) is 13.8 Å². The number of carbonyl (C=O) groups excluding carboxylic acids is 2. The first-order valence-electron chi connectivity index (χ1n) is 11.4. The number of ether oxygens (including phenoxy) is 2. The first-order valence-corrected chi connectivity index (χ1v) is 11.4. The van der Waals surface area contributed by atoms with Gasteiger partial charge >= 0.3 is 12.1 Å². The Morgan fingerprint density at radius 1 is 1.08 bits per heavy atom. The molecule has 0 saturated heterocycles. The van der Waals surface area contributed by atoms with Crippen molar-refractivity contribution in [2.45, 2.75) is 52.7 Å². The molecule has 3 rings (SSSR count). The van der Waals surface area contributed by atoms with Gasteiger partial charge in [0.15, 0.2) is 0 Å². The van der Waals surface area contributed by atoms with Gasteiger partial charge < -0.3 is 19.2 Å². The number of esters is 1. The number of nitrogens with one attached hydrogen (secondary N) is 1. The van der Waals surface area contributed by atoms with Crippen molar-refractivity contribution < 1.29 is 28.4 Å². The van der Waals surface area contributed by atoms with Gasteiger partial charge in [-0.3, -0.25) is 14.9 Å². The topological polar surface area (TPSA) is 138 Å². The molecule has 1 heterocycles. The van der Waals surface area contributed by atoms with Gasteiger partial charge in [0.1, 0.15) is 23.5 Å². The van der Waals surface area contributed by atoms with Crippen LogP contribution in [0.15, 0.2) is 57.9 Å². The van der Waals surface area contributed by atoms with Gasteiger partial charge in [-0.1, -0.05) is 19.9 Å². The second-order valence-electron chi connectivity index (χ2n) is 9.69. The average molecular weight is 497 g/mol. The highest BCUT2D eigenvalue weighted by molar-refractivity contribution is 5.86. The molecule has 0 aliphatic heterocycles. The predicted octanol–water partition coefficient (Wildman–Crippen LogP) is 5.21. The van der Waals surface area contributed by atoms with Gasteiger partial charge in [0, 0.05) is 12.1 Å². The van der Waals surface area contributed by atoms with Crippen LogP contribution in [0.1, 0.15) is 41.0 Å². The number of nitro groups is 1. The first kappa shape index (κ1) is 26.4. The third kappa shape index (κ3) is 6.68. The highest BCUT2D eigenvalue weighted by Crippen LogP contribution is 2.26. The molecule has 10 nitrogen and oxygen atoms in total. The second-order valence-corrected chi connectivity index (χ2v) is 9.69. The summed E-state index contributed by atoms with van der Waals surface area (Å²) < 4.78 is 16.1. The molecule has 0 fully saturated rings. The zero-order valence-electron chi connectivity index (χ0n) is 20.7. The van der Waals surface area contributed by atoms with Crippen molar-refractivity contribution in [2.24, 2.45) is 5.92 Å². The van der Waals surface area contributed by atoms with E-state index in [2.05, 4.69) is 5.32 Å². The zero-order valence-corrected chi connectivity index (χ0v) is 20.7. The normalized spacial score (nSPS) is 12.3. The summed E-state index contributed by atoms with van der Waals surface area (Å²) in [5, 5.41) is 13.6. The van der Waals surface area contributed by atoms with E-state index in [9.17, 15) is 24.5 Å². The number of hydrogen-bond donors (Lipinski definition) is 1. The Kier molecular flexibility index (Phi) is 7.77. The molecule has 1 atom stereocenters. The Labute approximate surface area is 207 Å². The Morgan fingerprint density at radius 2 is 1.72 bits per heavy atom. The maximum atomic E-state index is 13.1. The number of hydrogen-bond acceptors (Lipinski definition) is 8. The van der Waals surface area contributed by atoms with Crippen molar-refractivity contribution in [2.75, 3.05) is 0 Å². The van der Waals surface area contributed by atoms with E-state index < -0.39 is 34.1 Å². The third-order valence-corrected chi connectivity index (χ3v) is 5.05. The van der Waals surface area contributed by atoms with E-state index in [-0.39, 0.29) is 34.7 Å². The van der Waals surface area contributed by atoms with Crippen molar-refractivity contribution in [3.8, 4) is 16.9 Å². The molecule has 0 aliphatic rings. The van der Waals surface area contributed by atoms with Crippen molar-refractivity contribution in [3.63, 3.8) is 0 Å². The van der Waals surface area contributed by atoms with E-state index in [0.717, 1.165) is 6.26 Å². The molecule has 3 aromatic rings. The summed E-state index contributed by atoms with van der Waals surface area (Å²) >= 11 is 0. The molecule has 0 saturated carbocycles. The van der Waals surface area contributed by atoms with Gasteiger partial charge in [0.05, 0.1) is 10.3 Å². The highest BCUT2D eigenvalue weighted by atomic mass is 16.6. The minimum Gasteiger partial charge on any atom is -0.460 e. The van der Waals surface area contributed by atoms with Gasteiger partial charge in [0.25, 0.3) is 5.69 Å². The molecule has 1 aromatic heterocycles. The lowest BCUT2D eigenvalue weighted by Gasteiger charge is -2.23. The summed E-state index contributed by atoms with van der Waals surface area (Å²) in [6.45, 7) is 8.86. The standard InChI is InChI=1S/C26H28N2O8/c1-15(2)12-20(27-25(31)36-26(3,4)5)24(30)35-22-14-34-21-11-8-17(13-19(21)23(22)29)16-6-9-18(10-7-16)28(32)33/h6-11,13-15,20H,12H2,1-5H3,(H,27,31). The summed E-state index contributed by atoms with van der Waals surface area (Å²) in [5.74, 6) is -1.12. The van der Waals surface area contributed by atoms with Crippen molar-refractivity contribution in [3.05, 3.63) is 69.1 Å². The SMILES string of the molecule is CC(C)CC(NC(=O)OC(C)(C)C)C(=O)Oc1coc2ccc(-c3ccc([N+](=O)[O-])cc3)cc2c1=O. The zero-order chi connectivity index (χ0) is 26.6. The van der Waals surface area contributed by atoms with E-state index in [0.29, 0.717) is 11.1 Å². The minimum absolute atomic E-state index is 0.0368. The third-order valence-electron chi connectivity index (χ3n) is 5.05. The first-order chi connectivity index (χ1) is 16.8. The second kappa shape index (κ2) is 10.6. The van der Waals surface area contributed by atoms with Crippen molar-refractivity contribution in [1.82, 2.24) is 5.32 Å². The molecule has 36 heavy (non-hydrogen) atoms. The highest BCUT2D eigenvalue weighted by Gasteiger charge is 2.27. The lowest BCUT2D eigenvalue weighted by molar-refractivity contribution is -0.384. The Balaban J connectivity index is 1.87. The number of fused-ring (bicyclic) bond motifs is 1. The largest absolute Gasteiger partial charge is 0.460 e. The summed E-state index contributed by atoms with van der Waals surface area (Å²) in [5.41, 5.74) is 0.173. The van der Waals surface area contributed by atoms with Crippen LogP contribution in [-0.4, -0.2) is 28.6 Å². The number of benzene rings is 2. The van der Waals surface area contributed by atoms with E-state index in [4.69, 9.17) is 13.9 Å². The number of alkyl carbamates (subject to hydrolysis) is 1. The van der Waals surface area contributed by atoms with Gasteiger partial charge in [-0.2, -0.15) is 0 Å². The molecule has 1 N–H and O–H groups in total. The minimum atomic E-state index is -1.04. The van der Waals surface area contributed by atoms with Crippen LogP contribution < -0.4 is 15.5 Å². The van der Waals surface area contributed by atoms with Crippen molar-refractivity contribution in [1.29, 1.82) is 0 Å². The van der Waals surface area contributed by atoms with Gasteiger partial charge in [-0.05, 0) is 68.5 Å². The molecular formula is C26H28N2O8. The molecule has 190 valence electrons. The van der Waals surface area contributed by atoms with E-state index in [1.165, 1.54) is 12.1 Å². The fraction of sp³-hybridized carbons (Fsp3) is 0.346. The fourth-order valence-electron chi connectivity index (χ4n) is 3.45. The maximum absolute atomic E-state index is 13.1. The molecule has 0 radical (unpaired) electrons. The predicted molar refractivity (Wildman–Crippen MR) is 133 cm³/mol. The number of non-ortho nitro benzene ring substituents is 1. The molecule has 0 bridgehead atoms. The number of nitrogens with zero attached hydrogens (tertiary/aromatic N) is 1. The lowest BCUT2D eigenvalue weighted by Crippen LogP contribution is -2.46. The van der Waals surface area contributed by atoms with Crippen LogP contribution in [0.25, 0.3) is 22.1 Å². The molecule has 1 amide bonds. The van der Waals surface area contributed by atoms with Crippen LogP contribution >= 0.6 is 0 Å².